The van der Waals surface area contributed by atoms with Gasteiger partial charge in [-0.2, -0.15) is 0 Å². The highest BCUT2D eigenvalue weighted by atomic mass is 19.1. The SMILES string of the molecule is COc1cccc(/C=C/C(=O)OCCOc2ccc(F)cc2)c1OC. The van der Waals surface area contributed by atoms with Crippen molar-refractivity contribution < 1.29 is 28.1 Å². The Morgan fingerprint density at radius 3 is 2.48 bits per heavy atom. The number of methoxy groups -OCH3 is 2. The molecular weight excluding hydrogens is 327 g/mol. The molecule has 0 aliphatic rings. The van der Waals surface area contributed by atoms with Gasteiger partial charge in [-0.15, -0.1) is 0 Å². The molecule has 0 aliphatic carbocycles. The van der Waals surface area contributed by atoms with E-state index in [1.807, 2.05) is 0 Å². The first kappa shape index (κ1) is 18.3. The Balaban J connectivity index is 1.82. The van der Waals surface area contributed by atoms with Crippen LogP contribution in [0.2, 0.25) is 0 Å². The van der Waals surface area contributed by atoms with Crippen molar-refractivity contribution in [3.05, 3.63) is 59.9 Å². The highest BCUT2D eigenvalue weighted by Gasteiger charge is 2.07. The summed E-state index contributed by atoms with van der Waals surface area (Å²) in [6.07, 6.45) is 2.89. The minimum atomic E-state index is -0.507. The first-order chi connectivity index (χ1) is 12.1. The fourth-order valence-electron chi connectivity index (χ4n) is 2.08. The summed E-state index contributed by atoms with van der Waals surface area (Å²) in [4.78, 5) is 11.7. The maximum atomic E-state index is 12.8. The van der Waals surface area contributed by atoms with Gasteiger partial charge in [0.25, 0.3) is 0 Å². The molecule has 0 bridgehead atoms. The second kappa shape index (κ2) is 9.32. The lowest BCUT2D eigenvalue weighted by molar-refractivity contribution is -0.138. The maximum Gasteiger partial charge on any atom is 0.330 e. The molecule has 2 aromatic rings. The van der Waals surface area contributed by atoms with E-state index in [1.165, 1.54) is 37.5 Å². The van der Waals surface area contributed by atoms with Gasteiger partial charge in [-0.25, -0.2) is 9.18 Å². The number of esters is 1. The van der Waals surface area contributed by atoms with Gasteiger partial charge in [0.15, 0.2) is 11.5 Å². The smallest absolute Gasteiger partial charge is 0.330 e. The molecule has 0 N–H and O–H groups in total. The number of para-hydroxylation sites is 1. The van der Waals surface area contributed by atoms with Gasteiger partial charge in [0, 0.05) is 11.6 Å². The van der Waals surface area contributed by atoms with Crippen molar-refractivity contribution in [1.29, 1.82) is 0 Å². The number of ether oxygens (including phenoxy) is 4. The van der Waals surface area contributed by atoms with Crippen molar-refractivity contribution >= 4 is 12.0 Å². The van der Waals surface area contributed by atoms with Gasteiger partial charge < -0.3 is 18.9 Å². The van der Waals surface area contributed by atoms with Crippen LogP contribution in [0.15, 0.2) is 48.5 Å². The fraction of sp³-hybridized carbons (Fsp3) is 0.211. The van der Waals surface area contributed by atoms with Crippen LogP contribution in [-0.4, -0.2) is 33.4 Å². The van der Waals surface area contributed by atoms with E-state index in [0.717, 1.165) is 0 Å². The molecule has 25 heavy (non-hydrogen) atoms. The van der Waals surface area contributed by atoms with Crippen LogP contribution in [-0.2, 0) is 9.53 Å². The van der Waals surface area contributed by atoms with Crippen molar-refractivity contribution in [2.45, 2.75) is 0 Å². The standard InChI is InChI=1S/C19H19FO5/c1-22-17-5-3-4-14(19(17)23-2)6-11-18(21)25-13-12-24-16-9-7-15(20)8-10-16/h3-11H,12-13H2,1-2H3/b11-6+. The summed E-state index contributed by atoms with van der Waals surface area (Å²) in [5, 5.41) is 0. The summed E-state index contributed by atoms with van der Waals surface area (Å²) in [6, 6.07) is 11.0. The summed E-state index contributed by atoms with van der Waals surface area (Å²) in [5.41, 5.74) is 0.696. The zero-order valence-corrected chi connectivity index (χ0v) is 14.0. The summed E-state index contributed by atoms with van der Waals surface area (Å²) in [7, 11) is 3.07. The Bertz CT molecular complexity index is 725. The number of hydrogen-bond acceptors (Lipinski definition) is 5. The van der Waals surface area contributed by atoms with Gasteiger partial charge in [0.1, 0.15) is 24.8 Å². The normalized spacial score (nSPS) is 10.5. The first-order valence-electron chi connectivity index (χ1n) is 7.58. The molecule has 0 unspecified atom stereocenters. The molecule has 0 heterocycles. The molecule has 2 rings (SSSR count). The Kier molecular flexibility index (Phi) is 6.83. The van der Waals surface area contributed by atoms with E-state index < -0.39 is 5.97 Å². The predicted molar refractivity (Wildman–Crippen MR) is 91.4 cm³/mol. The van der Waals surface area contributed by atoms with E-state index in [4.69, 9.17) is 18.9 Å². The average molecular weight is 346 g/mol. The number of hydrogen-bond donors (Lipinski definition) is 0. The molecule has 5 nitrogen and oxygen atoms in total. The fourth-order valence-corrected chi connectivity index (χ4v) is 2.08. The quantitative estimate of drug-likeness (QED) is 0.416. The minimum absolute atomic E-state index is 0.0792. The third kappa shape index (κ3) is 5.53. The molecule has 0 aromatic heterocycles. The van der Waals surface area contributed by atoms with E-state index >= 15 is 0 Å². The molecule has 0 spiro atoms. The number of carbonyl (C=O) groups excluding carboxylic acids is 1. The Morgan fingerprint density at radius 2 is 1.80 bits per heavy atom. The van der Waals surface area contributed by atoms with Gasteiger partial charge in [-0.1, -0.05) is 12.1 Å². The van der Waals surface area contributed by atoms with E-state index in [9.17, 15) is 9.18 Å². The Morgan fingerprint density at radius 1 is 1.04 bits per heavy atom. The van der Waals surface area contributed by atoms with Crippen LogP contribution < -0.4 is 14.2 Å². The predicted octanol–water partition coefficient (Wildman–Crippen LogP) is 3.48. The molecule has 2 aromatic carbocycles. The summed E-state index contributed by atoms with van der Waals surface area (Å²) in [5.74, 6) is 0.776. The Labute approximate surface area is 145 Å². The lowest BCUT2D eigenvalue weighted by Crippen LogP contribution is -2.10. The third-order valence-corrected chi connectivity index (χ3v) is 3.24. The van der Waals surface area contributed by atoms with Crippen LogP contribution in [0.25, 0.3) is 6.08 Å². The zero-order chi connectivity index (χ0) is 18.1. The van der Waals surface area contributed by atoms with Crippen LogP contribution in [0.5, 0.6) is 17.2 Å². The van der Waals surface area contributed by atoms with Gasteiger partial charge in [-0.3, -0.25) is 0 Å². The summed E-state index contributed by atoms with van der Waals surface area (Å²) in [6.45, 7) is 0.253. The molecule has 6 heteroatoms. The lowest BCUT2D eigenvalue weighted by atomic mass is 10.1. The molecule has 0 saturated carbocycles. The zero-order valence-electron chi connectivity index (χ0n) is 14.0. The molecule has 0 saturated heterocycles. The number of halogens is 1. The Hall–Kier alpha value is -3.02. The average Bonchev–Trinajstić information content (AvgIpc) is 2.64. The second-order valence-corrected chi connectivity index (χ2v) is 4.89. The van der Waals surface area contributed by atoms with Gasteiger partial charge >= 0.3 is 5.97 Å². The maximum absolute atomic E-state index is 12.8. The number of rotatable bonds is 8. The molecule has 0 aliphatic heterocycles. The van der Waals surface area contributed by atoms with E-state index in [1.54, 1.807) is 31.4 Å². The molecule has 0 atom stereocenters. The van der Waals surface area contributed by atoms with Crippen LogP contribution in [0.1, 0.15) is 5.56 Å². The topological polar surface area (TPSA) is 54.0 Å². The van der Waals surface area contributed by atoms with Crippen molar-refractivity contribution in [2.75, 3.05) is 27.4 Å². The van der Waals surface area contributed by atoms with Gasteiger partial charge in [-0.05, 0) is 36.4 Å². The van der Waals surface area contributed by atoms with E-state index in [0.29, 0.717) is 22.8 Å². The molecule has 0 radical (unpaired) electrons. The highest BCUT2D eigenvalue weighted by molar-refractivity contribution is 5.87. The molecule has 0 fully saturated rings. The second-order valence-electron chi connectivity index (χ2n) is 4.89. The molecule has 0 amide bonds. The van der Waals surface area contributed by atoms with Gasteiger partial charge in [0.2, 0.25) is 0 Å². The third-order valence-electron chi connectivity index (χ3n) is 3.24. The van der Waals surface area contributed by atoms with Gasteiger partial charge in [0.05, 0.1) is 14.2 Å². The van der Waals surface area contributed by atoms with Crippen LogP contribution >= 0.6 is 0 Å². The van der Waals surface area contributed by atoms with E-state index in [-0.39, 0.29) is 19.0 Å². The van der Waals surface area contributed by atoms with E-state index in [2.05, 4.69) is 0 Å². The van der Waals surface area contributed by atoms with Crippen molar-refractivity contribution in [3.63, 3.8) is 0 Å². The van der Waals surface area contributed by atoms with Crippen molar-refractivity contribution in [2.24, 2.45) is 0 Å². The van der Waals surface area contributed by atoms with Crippen LogP contribution in [0.4, 0.5) is 4.39 Å². The van der Waals surface area contributed by atoms with Crippen LogP contribution in [0.3, 0.4) is 0 Å². The summed E-state index contributed by atoms with van der Waals surface area (Å²) >= 11 is 0. The first-order valence-corrected chi connectivity index (χ1v) is 7.58. The lowest BCUT2D eigenvalue weighted by Gasteiger charge is -2.09. The van der Waals surface area contributed by atoms with Crippen molar-refractivity contribution in [1.82, 2.24) is 0 Å². The molecule has 132 valence electrons. The van der Waals surface area contributed by atoms with Crippen molar-refractivity contribution in [3.8, 4) is 17.2 Å². The largest absolute Gasteiger partial charge is 0.493 e. The molecular formula is C19H19FO5. The van der Waals surface area contributed by atoms with Crippen LogP contribution in [0, 0.1) is 5.82 Å². The highest BCUT2D eigenvalue weighted by Crippen LogP contribution is 2.31. The number of benzene rings is 2. The minimum Gasteiger partial charge on any atom is -0.493 e. The monoisotopic (exact) mass is 346 g/mol. The number of carbonyl (C=O) groups is 1. The summed E-state index contributed by atoms with van der Waals surface area (Å²) < 4.78 is 33.6.